The standard InChI is InChI=1S/C23H23F2NO/c24-22-14-11-20(16-23(22)25)26-15-5-4-6-18-9-12-21(13-10-18)27-17-19-7-2-1-3-8-19/h1-3,7-14,16,26H,4-6,15,17H2. The Morgan fingerprint density at radius 2 is 1.52 bits per heavy atom. The maximum absolute atomic E-state index is 13.1. The van der Waals surface area contributed by atoms with E-state index < -0.39 is 11.6 Å². The smallest absolute Gasteiger partial charge is 0.160 e. The van der Waals surface area contributed by atoms with Crippen LogP contribution in [0.3, 0.4) is 0 Å². The molecule has 0 amide bonds. The molecule has 0 unspecified atom stereocenters. The lowest BCUT2D eigenvalue weighted by Crippen LogP contribution is -2.02. The predicted molar refractivity (Wildman–Crippen MR) is 105 cm³/mol. The molecule has 4 heteroatoms. The van der Waals surface area contributed by atoms with E-state index in [0.29, 0.717) is 12.3 Å². The summed E-state index contributed by atoms with van der Waals surface area (Å²) in [4.78, 5) is 0. The molecule has 3 rings (SSSR count). The molecule has 1 N–H and O–H groups in total. The fourth-order valence-electron chi connectivity index (χ4n) is 2.79. The van der Waals surface area contributed by atoms with Crippen LogP contribution in [0.4, 0.5) is 14.5 Å². The third-order valence-electron chi connectivity index (χ3n) is 4.31. The topological polar surface area (TPSA) is 21.3 Å². The van der Waals surface area contributed by atoms with Crippen LogP contribution in [0.5, 0.6) is 5.75 Å². The highest BCUT2D eigenvalue weighted by Crippen LogP contribution is 2.16. The quantitative estimate of drug-likeness (QED) is 0.470. The molecule has 0 heterocycles. The van der Waals surface area contributed by atoms with Crippen LogP contribution in [-0.4, -0.2) is 6.54 Å². The lowest BCUT2D eigenvalue weighted by Gasteiger charge is -2.08. The first-order chi connectivity index (χ1) is 13.2. The van der Waals surface area contributed by atoms with E-state index >= 15 is 0 Å². The van der Waals surface area contributed by atoms with Crippen LogP contribution >= 0.6 is 0 Å². The number of ether oxygens (including phenoxy) is 1. The molecule has 0 saturated carbocycles. The Labute approximate surface area is 158 Å². The highest BCUT2D eigenvalue weighted by molar-refractivity contribution is 5.43. The summed E-state index contributed by atoms with van der Waals surface area (Å²) in [6.45, 7) is 1.29. The average molecular weight is 367 g/mol. The average Bonchev–Trinajstić information content (AvgIpc) is 2.70. The van der Waals surface area contributed by atoms with Gasteiger partial charge < -0.3 is 10.1 Å². The molecule has 0 aromatic heterocycles. The van der Waals surface area contributed by atoms with Crippen LogP contribution in [0.15, 0.2) is 72.8 Å². The monoisotopic (exact) mass is 367 g/mol. The van der Waals surface area contributed by atoms with Gasteiger partial charge >= 0.3 is 0 Å². The molecule has 3 aromatic carbocycles. The highest BCUT2D eigenvalue weighted by Gasteiger charge is 2.02. The minimum Gasteiger partial charge on any atom is -0.489 e. The summed E-state index contributed by atoms with van der Waals surface area (Å²) in [5.74, 6) is -0.783. The van der Waals surface area contributed by atoms with Crippen molar-refractivity contribution in [2.45, 2.75) is 25.9 Å². The summed E-state index contributed by atoms with van der Waals surface area (Å²) < 4.78 is 31.8. The van der Waals surface area contributed by atoms with Gasteiger partial charge in [-0.2, -0.15) is 0 Å². The van der Waals surface area contributed by atoms with Gasteiger partial charge in [0.1, 0.15) is 12.4 Å². The number of hydrogen-bond acceptors (Lipinski definition) is 2. The predicted octanol–water partition coefficient (Wildman–Crippen LogP) is 5.98. The molecule has 3 aromatic rings. The van der Waals surface area contributed by atoms with Gasteiger partial charge in [0.15, 0.2) is 11.6 Å². The number of nitrogens with one attached hydrogen (secondary N) is 1. The maximum atomic E-state index is 13.1. The van der Waals surface area contributed by atoms with Crippen LogP contribution in [0, 0.1) is 11.6 Å². The molecule has 0 aliphatic heterocycles. The molecule has 0 bridgehead atoms. The fraction of sp³-hybridized carbons (Fsp3) is 0.217. The molecule has 0 aliphatic carbocycles. The molecule has 0 aliphatic rings. The van der Waals surface area contributed by atoms with Gasteiger partial charge in [-0.3, -0.25) is 0 Å². The van der Waals surface area contributed by atoms with Gasteiger partial charge in [0, 0.05) is 12.2 Å². The summed E-state index contributed by atoms with van der Waals surface area (Å²) in [6.07, 6.45) is 2.94. The second-order valence-corrected chi connectivity index (χ2v) is 6.43. The van der Waals surface area contributed by atoms with Crippen LogP contribution in [0.25, 0.3) is 0 Å². The van der Waals surface area contributed by atoms with Gasteiger partial charge in [0.25, 0.3) is 0 Å². The summed E-state index contributed by atoms with van der Waals surface area (Å²) in [7, 11) is 0. The van der Waals surface area contributed by atoms with Crippen molar-refractivity contribution in [1.82, 2.24) is 0 Å². The van der Waals surface area contributed by atoms with Crippen molar-refractivity contribution in [2.75, 3.05) is 11.9 Å². The minimum atomic E-state index is -0.824. The lowest BCUT2D eigenvalue weighted by molar-refractivity contribution is 0.306. The van der Waals surface area contributed by atoms with Gasteiger partial charge in [-0.15, -0.1) is 0 Å². The molecular weight excluding hydrogens is 344 g/mol. The number of halogens is 2. The van der Waals surface area contributed by atoms with E-state index in [2.05, 4.69) is 17.4 Å². The largest absolute Gasteiger partial charge is 0.489 e. The molecule has 140 valence electrons. The van der Waals surface area contributed by atoms with Gasteiger partial charge in [0.05, 0.1) is 0 Å². The third-order valence-corrected chi connectivity index (χ3v) is 4.31. The van der Waals surface area contributed by atoms with Crippen molar-refractivity contribution in [3.05, 3.63) is 95.6 Å². The van der Waals surface area contributed by atoms with E-state index in [4.69, 9.17) is 4.74 Å². The number of hydrogen-bond donors (Lipinski definition) is 1. The van der Waals surface area contributed by atoms with Crippen molar-refractivity contribution in [2.24, 2.45) is 0 Å². The van der Waals surface area contributed by atoms with E-state index in [0.717, 1.165) is 43.2 Å². The van der Waals surface area contributed by atoms with Crippen LogP contribution < -0.4 is 10.1 Å². The van der Waals surface area contributed by atoms with Crippen LogP contribution in [0.2, 0.25) is 0 Å². The van der Waals surface area contributed by atoms with E-state index in [9.17, 15) is 8.78 Å². The van der Waals surface area contributed by atoms with Gasteiger partial charge in [0.2, 0.25) is 0 Å². The van der Waals surface area contributed by atoms with Crippen molar-refractivity contribution in [3.63, 3.8) is 0 Å². The number of rotatable bonds is 9. The molecule has 0 radical (unpaired) electrons. The molecule has 0 fully saturated rings. The molecule has 0 spiro atoms. The molecule has 0 atom stereocenters. The third kappa shape index (κ3) is 6.10. The summed E-state index contributed by atoms with van der Waals surface area (Å²) in [6, 6.07) is 22.1. The summed E-state index contributed by atoms with van der Waals surface area (Å²) in [5, 5.41) is 3.11. The highest BCUT2D eigenvalue weighted by atomic mass is 19.2. The van der Waals surface area contributed by atoms with E-state index in [1.807, 2.05) is 42.5 Å². The SMILES string of the molecule is Fc1ccc(NCCCCc2ccc(OCc3ccccc3)cc2)cc1F. The Balaban J connectivity index is 1.35. The lowest BCUT2D eigenvalue weighted by atomic mass is 10.1. The first kappa shape index (κ1) is 18.9. The number of unbranched alkanes of at least 4 members (excludes halogenated alkanes) is 1. The Morgan fingerprint density at radius 3 is 2.26 bits per heavy atom. The van der Waals surface area contributed by atoms with Gasteiger partial charge in [-0.1, -0.05) is 42.5 Å². The normalized spacial score (nSPS) is 10.6. The summed E-state index contributed by atoms with van der Waals surface area (Å²) >= 11 is 0. The fourth-order valence-corrected chi connectivity index (χ4v) is 2.79. The van der Waals surface area contributed by atoms with E-state index in [1.165, 1.54) is 11.6 Å². The zero-order valence-electron chi connectivity index (χ0n) is 15.1. The Hall–Kier alpha value is -2.88. The maximum Gasteiger partial charge on any atom is 0.160 e. The molecule has 27 heavy (non-hydrogen) atoms. The van der Waals surface area contributed by atoms with Crippen molar-refractivity contribution < 1.29 is 13.5 Å². The zero-order valence-corrected chi connectivity index (χ0v) is 15.1. The van der Waals surface area contributed by atoms with Crippen molar-refractivity contribution >= 4 is 5.69 Å². The van der Waals surface area contributed by atoms with Crippen LogP contribution in [-0.2, 0) is 13.0 Å². The van der Waals surface area contributed by atoms with Gasteiger partial charge in [-0.25, -0.2) is 8.78 Å². The second kappa shape index (κ2) is 9.72. The zero-order chi connectivity index (χ0) is 18.9. The number of anilines is 1. The Morgan fingerprint density at radius 1 is 0.741 bits per heavy atom. The second-order valence-electron chi connectivity index (χ2n) is 6.43. The van der Waals surface area contributed by atoms with Crippen molar-refractivity contribution in [1.29, 1.82) is 0 Å². The molecule has 2 nitrogen and oxygen atoms in total. The van der Waals surface area contributed by atoms with Gasteiger partial charge in [-0.05, 0) is 60.7 Å². The van der Waals surface area contributed by atoms with Crippen LogP contribution in [0.1, 0.15) is 24.0 Å². The Kier molecular flexibility index (Phi) is 6.80. The summed E-state index contributed by atoms with van der Waals surface area (Å²) in [5.41, 5.74) is 3.01. The van der Waals surface area contributed by atoms with E-state index in [-0.39, 0.29) is 0 Å². The Bertz CT molecular complexity index is 835. The first-order valence-electron chi connectivity index (χ1n) is 9.15. The number of benzene rings is 3. The van der Waals surface area contributed by atoms with Crippen molar-refractivity contribution in [3.8, 4) is 5.75 Å². The minimum absolute atomic E-state index is 0.565. The number of aryl methyl sites for hydroxylation is 1. The molecular formula is C23H23F2NO. The first-order valence-corrected chi connectivity index (χ1v) is 9.15. The molecule has 0 saturated heterocycles. The van der Waals surface area contributed by atoms with E-state index in [1.54, 1.807) is 6.07 Å².